The van der Waals surface area contributed by atoms with E-state index >= 15 is 0 Å². The van der Waals surface area contributed by atoms with Gasteiger partial charge in [-0.05, 0) is 44.2 Å². The Kier molecular flexibility index (Phi) is 5.70. The number of nitrogens with zero attached hydrogens (tertiary/aromatic N) is 3. The molecule has 140 valence electrons. The minimum Gasteiger partial charge on any atom is -0.350 e. The lowest BCUT2D eigenvalue weighted by atomic mass is 10.1. The zero-order valence-electron chi connectivity index (χ0n) is 14.2. The fourth-order valence-electron chi connectivity index (χ4n) is 3.09. The summed E-state index contributed by atoms with van der Waals surface area (Å²) in [5.74, 6) is 0.667. The van der Waals surface area contributed by atoms with Crippen molar-refractivity contribution in [3.05, 3.63) is 51.6 Å². The number of pyridine rings is 1. The summed E-state index contributed by atoms with van der Waals surface area (Å²) in [6.45, 7) is 4.62. The zero-order chi connectivity index (χ0) is 19.1. The Morgan fingerprint density at radius 2 is 1.73 bits per heavy atom. The maximum atomic E-state index is 13.1. The minimum absolute atomic E-state index is 0.0869. The average Bonchev–Trinajstić information content (AvgIpc) is 2.59. The summed E-state index contributed by atoms with van der Waals surface area (Å²) in [6, 6.07) is 7.56. The molecule has 2 heterocycles. The number of anilines is 1. The fraction of sp³-hybridized carbons (Fsp3) is 0.353. The van der Waals surface area contributed by atoms with Crippen LogP contribution in [0.25, 0.3) is 0 Å². The van der Waals surface area contributed by atoms with Gasteiger partial charge in [0, 0.05) is 31.4 Å². The first-order chi connectivity index (χ1) is 12.2. The van der Waals surface area contributed by atoms with Crippen molar-refractivity contribution in [2.75, 3.05) is 18.0 Å². The summed E-state index contributed by atoms with van der Waals surface area (Å²) >= 11 is 18.2. The molecule has 1 aliphatic rings. The van der Waals surface area contributed by atoms with Gasteiger partial charge in [0.2, 0.25) is 10.0 Å². The molecular weight excluding hydrogens is 417 g/mol. The third-order valence-electron chi connectivity index (χ3n) is 4.44. The topological polar surface area (TPSA) is 53.5 Å². The molecule has 9 heteroatoms. The van der Waals surface area contributed by atoms with Gasteiger partial charge in [0.15, 0.2) is 0 Å². The largest absolute Gasteiger partial charge is 0.350 e. The van der Waals surface area contributed by atoms with Crippen LogP contribution in [-0.2, 0) is 10.0 Å². The summed E-state index contributed by atoms with van der Waals surface area (Å²) in [5.41, 5.74) is 0. The average molecular weight is 435 g/mol. The highest BCUT2D eigenvalue weighted by molar-refractivity contribution is 7.89. The Balaban J connectivity index is 1.89. The van der Waals surface area contributed by atoms with Gasteiger partial charge in [-0.2, -0.15) is 4.31 Å². The number of hydrogen-bond donors (Lipinski definition) is 0. The maximum absolute atomic E-state index is 13.1. The van der Waals surface area contributed by atoms with E-state index in [1.807, 2.05) is 18.7 Å². The Hall–Kier alpha value is -1.05. The Labute approximate surface area is 168 Å². The molecular formula is C17H18Cl3N3O2S. The van der Waals surface area contributed by atoms with Crippen LogP contribution in [0, 0.1) is 0 Å². The molecule has 5 nitrogen and oxygen atoms in total. The number of piperazine rings is 1. The van der Waals surface area contributed by atoms with Crippen LogP contribution in [0.2, 0.25) is 15.1 Å². The molecule has 2 aromatic rings. The lowest BCUT2D eigenvalue weighted by Crippen LogP contribution is -2.58. The molecule has 0 aliphatic carbocycles. The Morgan fingerprint density at radius 3 is 2.38 bits per heavy atom. The molecule has 0 saturated carbocycles. The lowest BCUT2D eigenvalue weighted by molar-refractivity contribution is 0.272. The number of benzene rings is 1. The quantitative estimate of drug-likeness (QED) is 0.721. The van der Waals surface area contributed by atoms with E-state index in [0.717, 1.165) is 0 Å². The van der Waals surface area contributed by atoms with Crippen molar-refractivity contribution in [1.29, 1.82) is 0 Å². The fourth-order valence-corrected chi connectivity index (χ4v) is 5.41. The van der Waals surface area contributed by atoms with E-state index in [1.54, 1.807) is 18.3 Å². The molecule has 1 aliphatic heterocycles. The second-order valence-corrected chi connectivity index (χ2v) is 9.42. The SMILES string of the molecule is C[C@@H]1CN(S(=O)(=O)c2ccc(Cl)c(Cl)c2)[C@@H](C)CN1c1ncccc1Cl. The predicted octanol–water partition coefficient (Wildman–Crippen LogP) is 4.33. The number of halogens is 3. The molecule has 0 N–H and O–H groups in total. The third kappa shape index (κ3) is 3.66. The van der Waals surface area contributed by atoms with E-state index in [9.17, 15) is 8.42 Å². The molecule has 0 spiro atoms. The molecule has 0 bridgehead atoms. The number of aromatic nitrogens is 1. The van der Waals surface area contributed by atoms with Crippen molar-refractivity contribution < 1.29 is 8.42 Å². The van der Waals surface area contributed by atoms with Crippen molar-refractivity contribution in [2.24, 2.45) is 0 Å². The maximum Gasteiger partial charge on any atom is 0.243 e. The molecule has 26 heavy (non-hydrogen) atoms. The highest BCUT2D eigenvalue weighted by Crippen LogP contribution is 2.32. The molecule has 1 fully saturated rings. The van der Waals surface area contributed by atoms with Gasteiger partial charge in [-0.3, -0.25) is 0 Å². The van der Waals surface area contributed by atoms with Crippen molar-refractivity contribution in [3.63, 3.8) is 0 Å². The van der Waals surface area contributed by atoms with Crippen LogP contribution in [0.4, 0.5) is 5.82 Å². The highest BCUT2D eigenvalue weighted by atomic mass is 35.5. The molecule has 1 saturated heterocycles. The van der Waals surface area contributed by atoms with Gasteiger partial charge in [-0.25, -0.2) is 13.4 Å². The zero-order valence-corrected chi connectivity index (χ0v) is 17.3. The number of hydrogen-bond acceptors (Lipinski definition) is 4. The second kappa shape index (κ2) is 7.52. The van der Waals surface area contributed by atoms with Gasteiger partial charge in [0.25, 0.3) is 0 Å². The molecule has 1 aromatic heterocycles. The Morgan fingerprint density at radius 1 is 1.00 bits per heavy atom. The van der Waals surface area contributed by atoms with Crippen LogP contribution < -0.4 is 4.90 Å². The molecule has 2 atom stereocenters. The van der Waals surface area contributed by atoms with Crippen molar-refractivity contribution in [1.82, 2.24) is 9.29 Å². The standard InChI is InChI=1S/C17H18Cl3N3O2S/c1-11-10-23(26(24,25)13-5-6-14(18)16(20)8-13)12(2)9-22(11)17-15(19)4-3-7-21-17/h3-8,11-12H,9-10H2,1-2H3/t11-,12+/m1/s1. The molecule has 0 amide bonds. The van der Waals surface area contributed by atoms with E-state index in [0.29, 0.717) is 29.0 Å². The van der Waals surface area contributed by atoms with Gasteiger partial charge in [0.1, 0.15) is 5.82 Å². The van der Waals surface area contributed by atoms with Gasteiger partial charge in [-0.15, -0.1) is 0 Å². The van der Waals surface area contributed by atoms with Crippen LogP contribution in [0.1, 0.15) is 13.8 Å². The lowest BCUT2D eigenvalue weighted by Gasteiger charge is -2.44. The van der Waals surface area contributed by atoms with Crippen molar-refractivity contribution in [2.45, 2.75) is 30.8 Å². The van der Waals surface area contributed by atoms with Crippen LogP contribution in [0.5, 0.6) is 0 Å². The van der Waals surface area contributed by atoms with Crippen LogP contribution in [-0.4, -0.2) is 42.9 Å². The molecule has 3 rings (SSSR count). The molecule has 1 aromatic carbocycles. The third-order valence-corrected chi connectivity index (χ3v) is 7.45. The van der Waals surface area contributed by atoms with Gasteiger partial charge in [-0.1, -0.05) is 34.8 Å². The monoisotopic (exact) mass is 433 g/mol. The summed E-state index contributed by atoms with van der Waals surface area (Å²) in [6.07, 6.45) is 1.68. The van der Waals surface area contributed by atoms with Gasteiger partial charge >= 0.3 is 0 Å². The van der Waals surface area contributed by atoms with Crippen LogP contribution in [0.15, 0.2) is 41.4 Å². The first-order valence-corrected chi connectivity index (χ1v) is 10.6. The second-order valence-electron chi connectivity index (χ2n) is 6.31. The number of rotatable bonds is 3. The summed E-state index contributed by atoms with van der Waals surface area (Å²) in [5, 5.41) is 1.08. The van der Waals surface area contributed by atoms with Crippen LogP contribution in [0.3, 0.4) is 0 Å². The first kappa shape index (κ1) is 19.7. The normalized spacial score (nSPS) is 21.8. The van der Waals surface area contributed by atoms with Crippen molar-refractivity contribution in [3.8, 4) is 0 Å². The van der Waals surface area contributed by atoms with Gasteiger partial charge < -0.3 is 4.90 Å². The van der Waals surface area contributed by atoms with Gasteiger partial charge in [0.05, 0.1) is 20.0 Å². The summed E-state index contributed by atoms with van der Waals surface area (Å²) in [7, 11) is -3.69. The molecule has 0 radical (unpaired) electrons. The van der Waals surface area contributed by atoms with E-state index < -0.39 is 10.0 Å². The van der Waals surface area contributed by atoms with E-state index in [2.05, 4.69) is 4.98 Å². The summed E-state index contributed by atoms with van der Waals surface area (Å²) < 4.78 is 27.7. The smallest absolute Gasteiger partial charge is 0.243 e. The number of sulfonamides is 1. The predicted molar refractivity (Wildman–Crippen MR) is 106 cm³/mol. The highest BCUT2D eigenvalue weighted by Gasteiger charge is 2.38. The first-order valence-electron chi connectivity index (χ1n) is 8.06. The van der Waals surface area contributed by atoms with Crippen molar-refractivity contribution >= 4 is 50.6 Å². The minimum atomic E-state index is -3.69. The van der Waals surface area contributed by atoms with E-state index in [1.165, 1.54) is 22.5 Å². The van der Waals surface area contributed by atoms with Crippen LogP contribution >= 0.6 is 34.8 Å². The summed E-state index contributed by atoms with van der Waals surface area (Å²) in [4.78, 5) is 6.52. The van der Waals surface area contributed by atoms with E-state index in [4.69, 9.17) is 34.8 Å². The Bertz CT molecular complexity index is 923. The molecule has 0 unspecified atom stereocenters. The van der Waals surface area contributed by atoms with E-state index in [-0.39, 0.29) is 22.0 Å².